The number of amidine groups is 1. The van der Waals surface area contributed by atoms with Gasteiger partial charge in [0.2, 0.25) is 0 Å². The van der Waals surface area contributed by atoms with E-state index in [4.69, 9.17) is 10.9 Å². The summed E-state index contributed by atoms with van der Waals surface area (Å²) in [5.41, 5.74) is 9.23. The molecular weight excluding hydrogens is 240 g/mol. The number of aryl methyl sites for hydroxylation is 2. The van der Waals surface area contributed by atoms with Gasteiger partial charge >= 0.3 is 0 Å². The van der Waals surface area contributed by atoms with E-state index in [1.807, 2.05) is 19.9 Å². The molecule has 1 heterocycles. The van der Waals surface area contributed by atoms with Crippen molar-refractivity contribution in [1.82, 2.24) is 4.98 Å². The molecule has 0 saturated heterocycles. The number of hydrogen-bond donors (Lipinski definition) is 2. The summed E-state index contributed by atoms with van der Waals surface area (Å²) < 4.78 is 0. The molecule has 0 radical (unpaired) electrons. The molecule has 0 amide bonds. The monoisotopic (exact) mass is 264 g/mol. The predicted octanol–water partition coefficient (Wildman–Crippen LogP) is 2.42. The summed E-state index contributed by atoms with van der Waals surface area (Å²) in [6.07, 6.45) is 1.03. The van der Waals surface area contributed by atoms with Gasteiger partial charge in [-0.3, -0.25) is 4.98 Å². The zero-order valence-corrected chi connectivity index (χ0v) is 12.4. The van der Waals surface area contributed by atoms with Crippen molar-refractivity contribution < 1.29 is 5.21 Å². The zero-order valence-electron chi connectivity index (χ0n) is 12.4. The molecular formula is C14H24N4O. The molecule has 106 valence electrons. The van der Waals surface area contributed by atoms with Gasteiger partial charge in [0.05, 0.1) is 16.9 Å². The van der Waals surface area contributed by atoms with E-state index >= 15 is 0 Å². The fourth-order valence-corrected chi connectivity index (χ4v) is 2.34. The van der Waals surface area contributed by atoms with Crippen LogP contribution in [0.15, 0.2) is 11.2 Å². The Balaban J connectivity index is 3.47. The second kappa shape index (κ2) is 6.41. The molecule has 0 aliphatic rings. The molecule has 5 nitrogen and oxygen atoms in total. The number of anilines is 1. The van der Waals surface area contributed by atoms with E-state index in [-0.39, 0.29) is 5.84 Å². The van der Waals surface area contributed by atoms with Crippen molar-refractivity contribution in [3.8, 4) is 0 Å². The molecule has 0 spiro atoms. The third-order valence-corrected chi connectivity index (χ3v) is 3.44. The SMILES string of the molecule is CCC(C)N(CC)c1cc(C)nc(C)c1/C(N)=N/O. The quantitative estimate of drug-likeness (QED) is 0.371. The summed E-state index contributed by atoms with van der Waals surface area (Å²) in [5.74, 6) is 0.113. The molecule has 0 aromatic carbocycles. The van der Waals surface area contributed by atoms with Gasteiger partial charge < -0.3 is 15.8 Å². The first-order valence-corrected chi connectivity index (χ1v) is 6.68. The Hall–Kier alpha value is -1.78. The first kappa shape index (κ1) is 15.3. The smallest absolute Gasteiger partial charge is 0.174 e. The van der Waals surface area contributed by atoms with Gasteiger partial charge in [0.15, 0.2) is 5.84 Å². The number of nitrogens with zero attached hydrogens (tertiary/aromatic N) is 3. The Morgan fingerprint density at radius 3 is 2.58 bits per heavy atom. The number of aromatic nitrogens is 1. The largest absolute Gasteiger partial charge is 0.409 e. The first-order valence-electron chi connectivity index (χ1n) is 6.68. The van der Waals surface area contributed by atoms with Gasteiger partial charge in [0.1, 0.15) is 0 Å². The van der Waals surface area contributed by atoms with Crippen LogP contribution in [0.2, 0.25) is 0 Å². The number of nitrogens with two attached hydrogens (primary N) is 1. The van der Waals surface area contributed by atoms with Crippen LogP contribution in [0.5, 0.6) is 0 Å². The second-order valence-electron chi connectivity index (χ2n) is 4.77. The molecule has 3 N–H and O–H groups in total. The predicted molar refractivity (Wildman–Crippen MR) is 79.0 cm³/mol. The molecule has 19 heavy (non-hydrogen) atoms. The maximum absolute atomic E-state index is 8.97. The van der Waals surface area contributed by atoms with Crippen LogP contribution in [0.25, 0.3) is 0 Å². The van der Waals surface area contributed by atoms with Crippen molar-refractivity contribution in [2.45, 2.75) is 47.1 Å². The molecule has 1 atom stereocenters. The Kier molecular flexibility index (Phi) is 5.15. The molecule has 0 fully saturated rings. The maximum Gasteiger partial charge on any atom is 0.174 e. The van der Waals surface area contributed by atoms with Crippen LogP contribution < -0.4 is 10.6 Å². The van der Waals surface area contributed by atoms with Crippen molar-refractivity contribution in [1.29, 1.82) is 0 Å². The van der Waals surface area contributed by atoms with Gasteiger partial charge in [-0.1, -0.05) is 12.1 Å². The molecule has 5 heteroatoms. The number of pyridine rings is 1. The van der Waals surface area contributed by atoms with Crippen LogP contribution in [0.1, 0.15) is 44.1 Å². The normalized spacial score (nSPS) is 13.4. The van der Waals surface area contributed by atoms with Crippen LogP contribution in [-0.2, 0) is 0 Å². The third kappa shape index (κ3) is 3.16. The average Bonchev–Trinajstić information content (AvgIpc) is 2.38. The van der Waals surface area contributed by atoms with E-state index in [2.05, 4.69) is 35.8 Å². The summed E-state index contributed by atoms with van der Waals surface area (Å²) in [4.78, 5) is 6.67. The molecule has 1 aromatic rings. The van der Waals surface area contributed by atoms with Crippen LogP contribution in [0.3, 0.4) is 0 Å². The minimum absolute atomic E-state index is 0.113. The minimum Gasteiger partial charge on any atom is -0.409 e. The average molecular weight is 264 g/mol. The lowest BCUT2D eigenvalue weighted by molar-refractivity contribution is 0.318. The second-order valence-corrected chi connectivity index (χ2v) is 4.77. The highest BCUT2D eigenvalue weighted by Gasteiger charge is 2.20. The van der Waals surface area contributed by atoms with Crippen molar-refractivity contribution >= 4 is 11.5 Å². The summed E-state index contributed by atoms with van der Waals surface area (Å²) in [7, 11) is 0. The summed E-state index contributed by atoms with van der Waals surface area (Å²) in [6, 6.07) is 2.38. The third-order valence-electron chi connectivity index (χ3n) is 3.44. The van der Waals surface area contributed by atoms with E-state index in [0.717, 1.165) is 35.6 Å². The van der Waals surface area contributed by atoms with E-state index in [0.29, 0.717) is 6.04 Å². The van der Waals surface area contributed by atoms with Gasteiger partial charge in [-0.15, -0.1) is 0 Å². The number of hydrogen-bond acceptors (Lipinski definition) is 4. The topological polar surface area (TPSA) is 74.7 Å². The Morgan fingerprint density at radius 1 is 1.47 bits per heavy atom. The van der Waals surface area contributed by atoms with E-state index < -0.39 is 0 Å². The lowest BCUT2D eigenvalue weighted by Gasteiger charge is -2.31. The molecule has 0 aliphatic heterocycles. The van der Waals surface area contributed by atoms with Gasteiger partial charge in [-0.2, -0.15) is 0 Å². The Bertz CT molecular complexity index is 471. The summed E-state index contributed by atoms with van der Waals surface area (Å²) in [6.45, 7) is 11.1. The molecule has 1 rings (SSSR count). The molecule has 0 aliphatic carbocycles. The van der Waals surface area contributed by atoms with Crippen molar-refractivity contribution in [3.05, 3.63) is 23.0 Å². The van der Waals surface area contributed by atoms with E-state index in [1.54, 1.807) is 0 Å². The number of rotatable bonds is 5. The molecule has 1 aromatic heterocycles. The zero-order chi connectivity index (χ0) is 14.6. The lowest BCUT2D eigenvalue weighted by atomic mass is 10.1. The van der Waals surface area contributed by atoms with Crippen molar-refractivity contribution in [2.24, 2.45) is 10.9 Å². The van der Waals surface area contributed by atoms with Crippen LogP contribution in [0, 0.1) is 13.8 Å². The highest BCUT2D eigenvalue weighted by Crippen LogP contribution is 2.26. The Labute approximate surface area is 115 Å². The van der Waals surface area contributed by atoms with Crippen LogP contribution in [0.4, 0.5) is 5.69 Å². The van der Waals surface area contributed by atoms with Crippen molar-refractivity contribution in [2.75, 3.05) is 11.4 Å². The Morgan fingerprint density at radius 2 is 2.11 bits per heavy atom. The van der Waals surface area contributed by atoms with E-state index in [1.165, 1.54) is 0 Å². The maximum atomic E-state index is 8.97. The minimum atomic E-state index is 0.113. The molecule has 0 bridgehead atoms. The molecule has 0 saturated carbocycles. The van der Waals surface area contributed by atoms with Gasteiger partial charge in [0.25, 0.3) is 0 Å². The fourth-order valence-electron chi connectivity index (χ4n) is 2.34. The van der Waals surface area contributed by atoms with Crippen LogP contribution in [-0.4, -0.2) is 28.6 Å². The number of oxime groups is 1. The summed E-state index contributed by atoms with van der Waals surface area (Å²) in [5, 5.41) is 12.1. The van der Waals surface area contributed by atoms with Gasteiger partial charge in [-0.05, 0) is 40.2 Å². The highest BCUT2D eigenvalue weighted by atomic mass is 16.4. The van der Waals surface area contributed by atoms with E-state index in [9.17, 15) is 0 Å². The fraction of sp³-hybridized carbons (Fsp3) is 0.571. The van der Waals surface area contributed by atoms with Gasteiger partial charge in [0, 0.05) is 18.3 Å². The first-order chi connectivity index (χ1) is 8.96. The van der Waals surface area contributed by atoms with Crippen LogP contribution >= 0.6 is 0 Å². The lowest BCUT2D eigenvalue weighted by Crippen LogP contribution is -2.35. The van der Waals surface area contributed by atoms with Crippen molar-refractivity contribution in [3.63, 3.8) is 0 Å². The van der Waals surface area contributed by atoms with Gasteiger partial charge in [-0.25, -0.2) is 0 Å². The highest BCUT2D eigenvalue weighted by molar-refractivity contribution is 6.03. The standard InChI is InChI=1S/C14H24N4O/c1-6-10(4)18(7-2)12-8-9(3)16-11(5)13(12)14(15)17-19/h8,10,19H,6-7H2,1-5H3,(H2,15,17). The summed E-state index contributed by atoms with van der Waals surface area (Å²) >= 11 is 0. The molecule has 1 unspecified atom stereocenters.